The van der Waals surface area contributed by atoms with Crippen LogP contribution < -0.4 is 14.4 Å². The maximum absolute atomic E-state index is 13.8. The highest BCUT2D eigenvalue weighted by Gasteiger charge is 2.48. The summed E-state index contributed by atoms with van der Waals surface area (Å²) in [6.45, 7) is 4.62. The number of benzene rings is 4. The maximum Gasteiger partial charge on any atom is 0.301 e. The Bertz CT molecular complexity index is 2020. The van der Waals surface area contributed by atoms with Crippen molar-refractivity contribution in [3.8, 4) is 11.5 Å². The number of Topliss-reactive ketones (excluding diaryl/α,β-unsaturated/α-hetero) is 1. The van der Waals surface area contributed by atoms with E-state index in [1.54, 1.807) is 12.1 Å². The van der Waals surface area contributed by atoms with Crippen molar-refractivity contribution in [1.82, 2.24) is 10.2 Å². The van der Waals surface area contributed by atoms with Crippen LogP contribution in [0.25, 0.3) is 16.5 Å². The zero-order valence-corrected chi connectivity index (χ0v) is 27.6. The van der Waals surface area contributed by atoms with Gasteiger partial charge < -0.3 is 14.6 Å². The van der Waals surface area contributed by atoms with E-state index in [2.05, 4.69) is 41.4 Å². The number of ketones is 1. The predicted octanol–water partition coefficient (Wildman–Crippen LogP) is 8.11. The van der Waals surface area contributed by atoms with Crippen LogP contribution in [0.1, 0.15) is 55.0 Å². The molecule has 0 radical (unpaired) electrons. The van der Waals surface area contributed by atoms with E-state index in [-0.39, 0.29) is 22.6 Å². The molecule has 1 saturated heterocycles. The van der Waals surface area contributed by atoms with Crippen LogP contribution in [-0.2, 0) is 21.8 Å². The van der Waals surface area contributed by atoms with Gasteiger partial charge >= 0.3 is 5.91 Å². The Hall–Kier alpha value is -4.67. The van der Waals surface area contributed by atoms with Crippen LogP contribution in [0.3, 0.4) is 0 Å². The molecule has 2 aliphatic rings. The van der Waals surface area contributed by atoms with Crippen molar-refractivity contribution in [2.45, 2.75) is 55.3 Å². The lowest BCUT2D eigenvalue weighted by molar-refractivity contribution is -0.132. The van der Waals surface area contributed by atoms with E-state index in [1.807, 2.05) is 55.5 Å². The quantitative estimate of drug-likeness (QED) is 0.0399. The third-order valence-electron chi connectivity index (χ3n) is 8.39. The summed E-state index contributed by atoms with van der Waals surface area (Å²) in [6, 6.07) is 26.2. The van der Waals surface area contributed by atoms with E-state index in [0.29, 0.717) is 40.0 Å². The summed E-state index contributed by atoms with van der Waals surface area (Å²) in [5, 5.41) is 23.1. The van der Waals surface area contributed by atoms with Crippen molar-refractivity contribution in [3.63, 3.8) is 0 Å². The highest BCUT2D eigenvalue weighted by molar-refractivity contribution is 8.00. The molecule has 47 heavy (non-hydrogen) atoms. The molecule has 238 valence electrons. The van der Waals surface area contributed by atoms with Crippen LogP contribution in [0.2, 0.25) is 0 Å². The summed E-state index contributed by atoms with van der Waals surface area (Å²) in [6.07, 6.45) is 2.60. The molecule has 1 amide bonds. The standard InChI is InChI=1S/C37H33N3O5S2/c1-3-4-17-44-28-13-8-11-24(20-28)32-31(33(41)25-15-16-30-27(19-25)18-22(2)45-30)34(42)35(43)40(32)36-38-39-37(47-36)46-21-26-12-7-10-23-9-5-6-14-29(23)26/h5-16,19-20,22,32,41H,3-4,17-18,21H2,1-2H3/b33-31+/t22-,32+/m1/s1. The van der Waals surface area contributed by atoms with E-state index < -0.39 is 17.7 Å². The fourth-order valence-electron chi connectivity index (χ4n) is 6.09. The maximum atomic E-state index is 13.8. The lowest BCUT2D eigenvalue weighted by Gasteiger charge is -2.23. The number of thioether (sulfide) groups is 1. The van der Waals surface area contributed by atoms with Crippen molar-refractivity contribution in [1.29, 1.82) is 0 Å². The van der Waals surface area contributed by atoms with E-state index in [1.165, 1.54) is 38.9 Å². The number of aliphatic hydroxyl groups excluding tert-OH is 1. The SMILES string of the molecule is CCCCOc1cccc([C@H]2/C(=C(\O)c3ccc4c(c3)C[C@@H](C)O4)C(=O)C(=O)N2c2nnc(SCc3cccc4ccccc34)s2)c1. The molecule has 0 aliphatic carbocycles. The summed E-state index contributed by atoms with van der Waals surface area (Å²) >= 11 is 2.77. The molecule has 4 aromatic carbocycles. The van der Waals surface area contributed by atoms with E-state index in [9.17, 15) is 14.7 Å². The Morgan fingerprint density at radius 2 is 1.87 bits per heavy atom. The fraction of sp³-hybridized carbons (Fsp3) is 0.243. The molecule has 2 atom stereocenters. The van der Waals surface area contributed by atoms with E-state index >= 15 is 0 Å². The van der Waals surface area contributed by atoms with Crippen molar-refractivity contribution < 1.29 is 24.2 Å². The second-order valence-electron chi connectivity index (χ2n) is 11.7. The first-order valence-electron chi connectivity index (χ1n) is 15.7. The van der Waals surface area contributed by atoms with Gasteiger partial charge in [-0.05, 0) is 71.1 Å². The number of hydrogen-bond donors (Lipinski definition) is 1. The number of fused-ring (bicyclic) bond motifs is 2. The third-order valence-corrected chi connectivity index (χ3v) is 10.5. The number of aromatic nitrogens is 2. The number of unbranched alkanes of at least 4 members (excludes halogenated alkanes) is 1. The number of rotatable bonds is 10. The summed E-state index contributed by atoms with van der Waals surface area (Å²) < 4.78 is 12.5. The second kappa shape index (κ2) is 13.2. The minimum Gasteiger partial charge on any atom is -0.507 e. The first kappa shape index (κ1) is 31.0. The first-order chi connectivity index (χ1) is 22.9. The van der Waals surface area contributed by atoms with Crippen LogP contribution in [0.5, 0.6) is 11.5 Å². The van der Waals surface area contributed by atoms with Crippen LogP contribution >= 0.6 is 23.1 Å². The van der Waals surface area contributed by atoms with Crippen LogP contribution in [-0.4, -0.2) is 39.7 Å². The number of carbonyl (C=O) groups excluding carboxylic acids is 2. The third kappa shape index (κ3) is 6.11. The van der Waals surface area contributed by atoms with E-state index in [4.69, 9.17) is 9.47 Å². The van der Waals surface area contributed by atoms with Crippen molar-refractivity contribution in [3.05, 3.63) is 113 Å². The average Bonchev–Trinajstić information content (AvgIpc) is 3.78. The van der Waals surface area contributed by atoms with Crippen LogP contribution in [0.15, 0.2) is 94.8 Å². The van der Waals surface area contributed by atoms with Gasteiger partial charge in [0, 0.05) is 17.7 Å². The number of nitrogens with zero attached hydrogens (tertiary/aromatic N) is 3. The molecule has 8 nitrogen and oxygen atoms in total. The molecule has 1 aromatic heterocycles. The minimum absolute atomic E-state index is 0.00668. The Balaban J connectivity index is 1.25. The Morgan fingerprint density at radius 1 is 1.04 bits per heavy atom. The second-order valence-corrected chi connectivity index (χ2v) is 13.9. The Morgan fingerprint density at radius 3 is 2.74 bits per heavy atom. The normalized spacial score (nSPS) is 18.5. The smallest absolute Gasteiger partial charge is 0.301 e. The monoisotopic (exact) mass is 663 g/mol. The molecule has 0 bridgehead atoms. The topological polar surface area (TPSA) is 102 Å². The van der Waals surface area contributed by atoms with Gasteiger partial charge in [0.05, 0.1) is 18.2 Å². The molecule has 5 aromatic rings. The molecule has 0 unspecified atom stereocenters. The van der Waals surface area contributed by atoms with Crippen LogP contribution in [0.4, 0.5) is 5.13 Å². The van der Waals surface area contributed by atoms with Crippen LogP contribution in [0, 0.1) is 0 Å². The number of aliphatic hydroxyl groups is 1. The molecule has 0 spiro atoms. The Labute approximate surface area is 281 Å². The van der Waals surface area contributed by atoms with Gasteiger partial charge in [-0.3, -0.25) is 14.5 Å². The minimum atomic E-state index is -0.933. The lowest BCUT2D eigenvalue weighted by atomic mass is 9.94. The molecule has 0 saturated carbocycles. The van der Waals surface area contributed by atoms with Gasteiger partial charge in [-0.15, -0.1) is 10.2 Å². The van der Waals surface area contributed by atoms with Gasteiger partial charge in [0.15, 0.2) is 4.34 Å². The molecular formula is C37H33N3O5S2. The molecule has 3 heterocycles. The highest BCUT2D eigenvalue weighted by Crippen LogP contribution is 2.45. The molecule has 1 N–H and O–H groups in total. The summed E-state index contributed by atoms with van der Waals surface area (Å²) in [5.41, 5.74) is 3.17. The summed E-state index contributed by atoms with van der Waals surface area (Å²) in [7, 11) is 0. The van der Waals surface area contributed by atoms with Gasteiger partial charge in [-0.1, -0.05) is 91.0 Å². The van der Waals surface area contributed by atoms with Gasteiger partial charge in [0.25, 0.3) is 5.78 Å². The molecule has 1 fully saturated rings. The number of anilines is 1. The number of ether oxygens (including phenoxy) is 2. The molecular weight excluding hydrogens is 631 g/mol. The lowest BCUT2D eigenvalue weighted by Crippen LogP contribution is -2.29. The number of hydrogen-bond acceptors (Lipinski definition) is 9. The van der Waals surface area contributed by atoms with Gasteiger partial charge in [0.2, 0.25) is 5.13 Å². The average molecular weight is 664 g/mol. The van der Waals surface area contributed by atoms with Crippen molar-refractivity contribution in [2.75, 3.05) is 11.5 Å². The van der Waals surface area contributed by atoms with Gasteiger partial charge in [-0.25, -0.2) is 0 Å². The highest BCUT2D eigenvalue weighted by atomic mass is 32.2. The zero-order chi connectivity index (χ0) is 32.5. The number of carbonyl (C=O) groups is 2. The molecule has 7 rings (SSSR count). The summed E-state index contributed by atoms with van der Waals surface area (Å²) in [5.74, 6) is 0.240. The van der Waals surface area contributed by atoms with E-state index in [0.717, 1.165) is 29.5 Å². The predicted molar refractivity (Wildman–Crippen MR) is 185 cm³/mol. The molecule has 10 heteroatoms. The van der Waals surface area contributed by atoms with Crippen molar-refractivity contribution >= 4 is 56.5 Å². The zero-order valence-electron chi connectivity index (χ0n) is 26.0. The fourth-order valence-corrected chi connectivity index (χ4v) is 7.97. The number of amides is 1. The van der Waals surface area contributed by atoms with Crippen molar-refractivity contribution in [2.24, 2.45) is 0 Å². The largest absolute Gasteiger partial charge is 0.507 e. The Kier molecular flexibility index (Phi) is 8.70. The van der Waals surface area contributed by atoms with Gasteiger partial charge in [-0.2, -0.15) is 0 Å². The summed E-state index contributed by atoms with van der Waals surface area (Å²) in [4.78, 5) is 29.0. The van der Waals surface area contributed by atoms with Gasteiger partial charge in [0.1, 0.15) is 23.4 Å². The first-order valence-corrected chi connectivity index (χ1v) is 17.5. The molecule has 2 aliphatic heterocycles.